The predicted molar refractivity (Wildman–Crippen MR) is 153 cm³/mol. The highest BCUT2D eigenvalue weighted by atomic mass is 16.4. The van der Waals surface area contributed by atoms with Gasteiger partial charge in [0.05, 0.1) is 22.5 Å². The van der Waals surface area contributed by atoms with Gasteiger partial charge in [0.25, 0.3) is 0 Å². The summed E-state index contributed by atoms with van der Waals surface area (Å²) in [5.41, 5.74) is 6.95. The van der Waals surface area contributed by atoms with Crippen LogP contribution in [0.15, 0.2) is 95.5 Å². The lowest BCUT2D eigenvalue weighted by Gasteiger charge is -2.26. The largest absolute Gasteiger partial charge is 0.478 e. The molecule has 0 fully saturated rings. The highest BCUT2D eigenvalue weighted by molar-refractivity contribution is 6.06. The quantitative estimate of drug-likeness (QED) is 0.263. The first kappa shape index (κ1) is 23.2. The molecule has 6 nitrogen and oxygen atoms in total. The van der Waals surface area contributed by atoms with Crippen molar-refractivity contribution < 1.29 is 14.3 Å². The molecule has 1 N–H and O–H groups in total. The third kappa shape index (κ3) is 4.01. The van der Waals surface area contributed by atoms with Crippen molar-refractivity contribution in [3.05, 3.63) is 114 Å². The molecule has 7 rings (SSSR count). The van der Waals surface area contributed by atoms with Crippen molar-refractivity contribution in [3.63, 3.8) is 0 Å². The molecule has 3 aromatic carbocycles. The number of rotatable bonds is 4. The number of carbonyl (C=O) groups is 1. The Bertz CT molecular complexity index is 1880. The van der Waals surface area contributed by atoms with Crippen molar-refractivity contribution >= 4 is 39.5 Å². The van der Waals surface area contributed by atoms with Crippen LogP contribution in [0.2, 0.25) is 0 Å². The van der Waals surface area contributed by atoms with E-state index in [0.29, 0.717) is 28.6 Å². The van der Waals surface area contributed by atoms with Gasteiger partial charge in [0.15, 0.2) is 5.76 Å². The van der Waals surface area contributed by atoms with Gasteiger partial charge in [-0.15, -0.1) is 0 Å². The van der Waals surface area contributed by atoms with Gasteiger partial charge < -0.3 is 9.52 Å². The Morgan fingerprint density at radius 3 is 2.56 bits per heavy atom. The van der Waals surface area contributed by atoms with Gasteiger partial charge in [-0.2, -0.15) is 5.10 Å². The summed E-state index contributed by atoms with van der Waals surface area (Å²) < 4.78 is 8.09. The molecule has 6 aromatic rings. The molecule has 1 aliphatic carbocycles. The Kier molecular flexibility index (Phi) is 5.40. The standard InChI is InChI=1S/C33H25N3O3/c1-20-15-22(31-26(16-20)30(33(37)38)25-12-6-7-13-27(25)34-31)17-23-19-36(24-10-3-2-4-11-24)35-32(23)29-18-21-9-5-8-14-28(21)39-29/h2-14,17-20H,15-16H2,1H3,(H,37,38). The van der Waals surface area contributed by atoms with Crippen LogP contribution >= 0.6 is 0 Å². The lowest BCUT2D eigenvalue weighted by Crippen LogP contribution is -2.17. The van der Waals surface area contributed by atoms with Crippen molar-refractivity contribution in [1.29, 1.82) is 0 Å². The van der Waals surface area contributed by atoms with Crippen LogP contribution in [0.5, 0.6) is 0 Å². The SMILES string of the molecule is CC1CC(=Cc2cn(-c3ccccc3)nc2-c2cc3ccccc3o2)c2nc3ccccc3c(C(=O)O)c2C1. The fourth-order valence-corrected chi connectivity index (χ4v) is 5.66. The summed E-state index contributed by atoms with van der Waals surface area (Å²) in [7, 11) is 0. The highest BCUT2D eigenvalue weighted by Crippen LogP contribution is 2.40. The van der Waals surface area contributed by atoms with Crippen molar-refractivity contribution in [3.8, 4) is 17.1 Å². The van der Waals surface area contributed by atoms with Gasteiger partial charge in [-0.3, -0.25) is 0 Å². The Labute approximate surface area is 224 Å². The molecule has 1 unspecified atom stereocenters. The van der Waals surface area contributed by atoms with E-state index < -0.39 is 5.97 Å². The predicted octanol–water partition coefficient (Wildman–Crippen LogP) is 7.65. The van der Waals surface area contributed by atoms with Gasteiger partial charge in [0.2, 0.25) is 0 Å². The summed E-state index contributed by atoms with van der Waals surface area (Å²) in [6, 6.07) is 27.4. The van der Waals surface area contributed by atoms with E-state index in [9.17, 15) is 9.90 Å². The number of nitrogens with zero attached hydrogens (tertiary/aromatic N) is 3. The van der Waals surface area contributed by atoms with Crippen LogP contribution < -0.4 is 0 Å². The van der Waals surface area contributed by atoms with E-state index in [1.165, 1.54) is 0 Å². The Hall–Kier alpha value is -4.97. The number of para-hydroxylation sites is 3. The minimum absolute atomic E-state index is 0.267. The van der Waals surface area contributed by atoms with Crippen molar-refractivity contribution in [2.24, 2.45) is 5.92 Å². The van der Waals surface area contributed by atoms with Crippen LogP contribution in [-0.4, -0.2) is 25.8 Å². The van der Waals surface area contributed by atoms with Crippen LogP contribution in [0.3, 0.4) is 0 Å². The molecule has 0 spiro atoms. The van der Waals surface area contributed by atoms with Crippen molar-refractivity contribution in [1.82, 2.24) is 14.8 Å². The molecule has 0 aliphatic heterocycles. The third-order valence-corrected chi connectivity index (χ3v) is 7.38. The second kappa shape index (κ2) is 9.10. The zero-order chi connectivity index (χ0) is 26.5. The lowest BCUT2D eigenvalue weighted by molar-refractivity contribution is 0.0697. The maximum Gasteiger partial charge on any atom is 0.336 e. The number of benzene rings is 3. The number of fused-ring (bicyclic) bond motifs is 3. The van der Waals surface area contributed by atoms with Crippen molar-refractivity contribution in [2.75, 3.05) is 0 Å². The van der Waals surface area contributed by atoms with Gasteiger partial charge in [-0.05, 0) is 66.3 Å². The molecule has 3 heterocycles. The molecule has 0 radical (unpaired) electrons. The van der Waals surface area contributed by atoms with E-state index >= 15 is 0 Å². The summed E-state index contributed by atoms with van der Waals surface area (Å²) in [6.07, 6.45) is 5.57. The summed E-state index contributed by atoms with van der Waals surface area (Å²) in [6.45, 7) is 2.16. The second-order valence-electron chi connectivity index (χ2n) is 10.2. The first-order chi connectivity index (χ1) is 19.0. The van der Waals surface area contributed by atoms with Gasteiger partial charge in [0.1, 0.15) is 11.3 Å². The molecule has 0 saturated heterocycles. The molecule has 0 saturated carbocycles. The number of carboxylic acid groups (broad SMARTS) is 1. The monoisotopic (exact) mass is 511 g/mol. The Morgan fingerprint density at radius 1 is 0.974 bits per heavy atom. The lowest BCUT2D eigenvalue weighted by atomic mass is 9.80. The smallest absolute Gasteiger partial charge is 0.336 e. The minimum atomic E-state index is -0.918. The van der Waals surface area contributed by atoms with E-state index in [-0.39, 0.29) is 5.92 Å². The van der Waals surface area contributed by atoms with Gasteiger partial charge in [0, 0.05) is 22.5 Å². The Morgan fingerprint density at radius 2 is 1.74 bits per heavy atom. The maximum absolute atomic E-state index is 12.5. The molecule has 0 bridgehead atoms. The normalized spacial score (nSPS) is 16.1. The fourth-order valence-electron chi connectivity index (χ4n) is 5.66. The number of allylic oxidation sites excluding steroid dienone is 1. The highest BCUT2D eigenvalue weighted by Gasteiger charge is 2.28. The summed E-state index contributed by atoms with van der Waals surface area (Å²) in [5.74, 6) is 0.0290. The number of aromatic nitrogens is 3. The van der Waals surface area contributed by atoms with Crippen molar-refractivity contribution in [2.45, 2.75) is 19.8 Å². The van der Waals surface area contributed by atoms with Gasteiger partial charge in [-0.1, -0.05) is 61.5 Å². The third-order valence-electron chi connectivity index (χ3n) is 7.38. The molecule has 190 valence electrons. The second-order valence-corrected chi connectivity index (χ2v) is 10.2. The summed E-state index contributed by atoms with van der Waals surface area (Å²) in [5, 5.41) is 16.9. The van der Waals surface area contributed by atoms with E-state index in [2.05, 4.69) is 13.0 Å². The van der Waals surface area contributed by atoms with Crippen LogP contribution in [0.1, 0.15) is 40.5 Å². The average molecular weight is 512 g/mol. The molecule has 6 heteroatoms. The number of hydrogen-bond donors (Lipinski definition) is 1. The molecular formula is C33H25N3O3. The molecule has 39 heavy (non-hydrogen) atoms. The molecule has 0 amide bonds. The first-order valence-corrected chi connectivity index (χ1v) is 13.0. The number of aromatic carboxylic acids is 1. The zero-order valence-electron chi connectivity index (χ0n) is 21.3. The fraction of sp³-hybridized carbons (Fsp3) is 0.121. The number of pyridine rings is 1. The van der Waals surface area contributed by atoms with Crippen LogP contribution in [0.25, 0.3) is 50.7 Å². The van der Waals surface area contributed by atoms with E-state index in [1.54, 1.807) is 0 Å². The van der Waals surface area contributed by atoms with E-state index in [1.807, 2.05) is 95.8 Å². The zero-order valence-corrected chi connectivity index (χ0v) is 21.3. The van der Waals surface area contributed by atoms with Crippen LogP contribution in [0.4, 0.5) is 0 Å². The summed E-state index contributed by atoms with van der Waals surface area (Å²) >= 11 is 0. The topological polar surface area (TPSA) is 81.2 Å². The van der Waals surface area contributed by atoms with Crippen LogP contribution in [0, 0.1) is 5.92 Å². The summed E-state index contributed by atoms with van der Waals surface area (Å²) in [4.78, 5) is 17.5. The molecular weight excluding hydrogens is 486 g/mol. The van der Waals surface area contributed by atoms with E-state index in [0.717, 1.165) is 51.2 Å². The van der Waals surface area contributed by atoms with Crippen LogP contribution in [-0.2, 0) is 6.42 Å². The maximum atomic E-state index is 12.5. The molecule has 1 atom stereocenters. The Balaban J connectivity index is 1.46. The number of hydrogen-bond acceptors (Lipinski definition) is 4. The van der Waals surface area contributed by atoms with Gasteiger partial charge in [-0.25, -0.2) is 14.5 Å². The number of carboxylic acids is 1. The average Bonchev–Trinajstić information content (AvgIpc) is 3.56. The number of furan rings is 1. The molecule has 1 aliphatic rings. The molecule has 3 aromatic heterocycles. The minimum Gasteiger partial charge on any atom is -0.478 e. The van der Waals surface area contributed by atoms with E-state index in [4.69, 9.17) is 14.5 Å². The van der Waals surface area contributed by atoms with Gasteiger partial charge >= 0.3 is 5.97 Å². The first-order valence-electron chi connectivity index (χ1n) is 13.0.